The zero-order valence-electron chi connectivity index (χ0n) is 15.9. The normalized spacial score (nSPS) is 15.2. The molecular formula is C23H22ClN3O2. The summed E-state index contributed by atoms with van der Waals surface area (Å²) < 4.78 is 1.81. The highest BCUT2D eigenvalue weighted by Gasteiger charge is 2.20. The van der Waals surface area contributed by atoms with Gasteiger partial charge >= 0.3 is 0 Å². The lowest BCUT2D eigenvalue weighted by Crippen LogP contribution is -2.39. The number of hydrogen-bond donors (Lipinski definition) is 1. The lowest BCUT2D eigenvalue weighted by Gasteiger charge is -2.28. The highest BCUT2D eigenvalue weighted by Crippen LogP contribution is 2.26. The van der Waals surface area contributed by atoms with E-state index in [9.17, 15) is 9.90 Å². The number of piperidine rings is 1. The van der Waals surface area contributed by atoms with Gasteiger partial charge in [0.05, 0.1) is 17.5 Å². The van der Waals surface area contributed by atoms with E-state index >= 15 is 0 Å². The molecule has 0 radical (unpaired) electrons. The monoisotopic (exact) mass is 407 g/mol. The summed E-state index contributed by atoms with van der Waals surface area (Å²) in [4.78, 5) is 14.3. The third kappa shape index (κ3) is 4.58. The van der Waals surface area contributed by atoms with E-state index in [0.29, 0.717) is 31.0 Å². The number of nitrogens with zero attached hydrogens (tertiary/aromatic N) is 3. The maximum atomic E-state index is 12.6. The summed E-state index contributed by atoms with van der Waals surface area (Å²) >= 11 is 6.03. The van der Waals surface area contributed by atoms with Gasteiger partial charge in [-0.1, -0.05) is 41.9 Å². The number of aromatic nitrogens is 2. The molecule has 0 saturated carbocycles. The van der Waals surface area contributed by atoms with E-state index in [-0.39, 0.29) is 12.0 Å². The van der Waals surface area contributed by atoms with E-state index < -0.39 is 0 Å². The molecule has 6 heteroatoms. The molecule has 148 valence electrons. The van der Waals surface area contributed by atoms with Crippen LogP contribution in [-0.2, 0) is 4.79 Å². The Kier molecular flexibility index (Phi) is 5.79. The number of rotatable bonds is 4. The number of aliphatic hydroxyl groups excluding tert-OH is 1. The molecular weight excluding hydrogens is 386 g/mol. The molecule has 2 aromatic carbocycles. The first kappa shape index (κ1) is 19.4. The lowest BCUT2D eigenvalue weighted by atomic mass is 10.1. The molecule has 0 bridgehead atoms. The number of aliphatic hydroxyl groups is 1. The molecule has 0 spiro atoms. The van der Waals surface area contributed by atoms with Crippen molar-refractivity contribution in [2.24, 2.45) is 0 Å². The van der Waals surface area contributed by atoms with Gasteiger partial charge in [-0.25, -0.2) is 4.68 Å². The van der Waals surface area contributed by atoms with Crippen molar-refractivity contribution in [1.29, 1.82) is 0 Å². The topological polar surface area (TPSA) is 58.4 Å². The lowest BCUT2D eigenvalue weighted by molar-refractivity contribution is -0.127. The first-order valence-corrected chi connectivity index (χ1v) is 10.0. The van der Waals surface area contributed by atoms with Crippen LogP contribution in [0.3, 0.4) is 0 Å². The number of benzene rings is 2. The largest absolute Gasteiger partial charge is 0.393 e. The van der Waals surface area contributed by atoms with Gasteiger partial charge in [-0.15, -0.1) is 0 Å². The van der Waals surface area contributed by atoms with Crippen molar-refractivity contribution in [2.45, 2.75) is 18.9 Å². The molecule has 0 aliphatic carbocycles. The molecule has 1 saturated heterocycles. The van der Waals surface area contributed by atoms with Crippen LogP contribution in [0.1, 0.15) is 18.4 Å². The van der Waals surface area contributed by atoms with Crippen LogP contribution in [0.15, 0.2) is 66.9 Å². The van der Waals surface area contributed by atoms with Gasteiger partial charge in [0.2, 0.25) is 5.91 Å². The molecule has 1 aromatic heterocycles. The van der Waals surface area contributed by atoms with Crippen LogP contribution < -0.4 is 0 Å². The fourth-order valence-corrected chi connectivity index (χ4v) is 3.53. The van der Waals surface area contributed by atoms with Gasteiger partial charge in [0, 0.05) is 41.5 Å². The third-order valence-electron chi connectivity index (χ3n) is 5.06. The van der Waals surface area contributed by atoms with Crippen LogP contribution >= 0.6 is 11.6 Å². The minimum Gasteiger partial charge on any atom is -0.393 e. The van der Waals surface area contributed by atoms with E-state index in [1.165, 1.54) is 0 Å². The van der Waals surface area contributed by atoms with Crippen molar-refractivity contribution in [3.63, 3.8) is 0 Å². The Labute approximate surface area is 174 Å². The minimum absolute atomic E-state index is 0.0496. The van der Waals surface area contributed by atoms with E-state index in [1.54, 1.807) is 11.0 Å². The summed E-state index contributed by atoms with van der Waals surface area (Å²) in [5.74, 6) is -0.0496. The van der Waals surface area contributed by atoms with Crippen LogP contribution in [0.2, 0.25) is 5.02 Å². The molecule has 0 unspecified atom stereocenters. The second-order valence-corrected chi connectivity index (χ2v) is 7.55. The number of halogens is 1. The van der Waals surface area contributed by atoms with Crippen molar-refractivity contribution in [2.75, 3.05) is 13.1 Å². The Hall–Kier alpha value is -2.89. The molecule has 5 nitrogen and oxygen atoms in total. The van der Waals surface area contributed by atoms with Gasteiger partial charge in [-0.3, -0.25) is 4.79 Å². The highest BCUT2D eigenvalue weighted by atomic mass is 35.5. The predicted octanol–water partition coefficient (Wildman–Crippen LogP) is 4.19. The number of para-hydroxylation sites is 1. The number of likely N-dealkylation sites (tertiary alicyclic amines) is 1. The minimum atomic E-state index is -0.302. The fourth-order valence-electron chi connectivity index (χ4n) is 3.41. The number of hydrogen-bond acceptors (Lipinski definition) is 3. The average molecular weight is 408 g/mol. The van der Waals surface area contributed by atoms with Crippen LogP contribution in [0.4, 0.5) is 0 Å². The molecule has 0 atom stereocenters. The third-order valence-corrected chi connectivity index (χ3v) is 5.31. The summed E-state index contributed by atoms with van der Waals surface area (Å²) in [7, 11) is 0. The quantitative estimate of drug-likeness (QED) is 0.660. The van der Waals surface area contributed by atoms with E-state index in [1.807, 2.05) is 71.6 Å². The van der Waals surface area contributed by atoms with Crippen LogP contribution in [0.5, 0.6) is 0 Å². The molecule has 1 N–H and O–H groups in total. The van der Waals surface area contributed by atoms with Gasteiger partial charge in [-0.05, 0) is 43.2 Å². The molecule has 3 aromatic rings. The van der Waals surface area contributed by atoms with E-state index in [0.717, 1.165) is 22.5 Å². The van der Waals surface area contributed by atoms with E-state index in [4.69, 9.17) is 16.7 Å². The summed E-state index contributed by atoms with van der Waals surface area (Å²) in [5.41, 5.74) is 3.50. The average Bonchev–Trinajstić information content (AvgIpc) is 3.18. The number of carbonyl (C=O) groups excluding carboxylic acids is 1. The van der Waals surface area contributed by atoms with Crippen LogP contribution in [0, 0.1) is 0 Å². The van der Waals surface area contributed by atoms with Gasteiger partial charge in [0.15, 0.2) is 0 Å². The van der Waals surface area contributed by atoms with Gasteiger partial charge < -0.3 is 10.0 Å². The zero-order chi connectivity index (χ0) is 20.2. The Bertz CT molecular complexity index is 1000. The Balaban J connectivity index is 1.64. The first-order chi connectivity index (χ1) is 14.1. The molecule has 29 heavy (non-hydrogen) atoms. The molecule has 4 rings (SSSR count). The van der Waals surface area contributed by atoms with Crippen LogP contribution in [0.25, 0.3) is 23.0 Å². The summed E-state index contributed by atoms with van der Waals surface area (Å²) in [6.07, 6.45) is 6.27. The molecule has 1 aliphatic rings. The summed E-state index contributed by atoms with van der Waals surface area (Å²) in [5, 5.41) is 15.0. The maximum absolute atomic E-state index is 12.6. The second kappa shape index (κ2) is 8.64. The zero-order valence-corrected chi connectivity index (χ0v) is 16.7. The summed E-state index contributed by atoms with van der Waals surface area (Å²) in [6.45, 7) is 1.16. The first-order valence-electron chi connectivity index (χ1n) is 9.66. The van der Waals surface area contributed by atoms with Crippen LogP contribution in [-0.4, -0.2) is 44.9 Å². The van der Waals surface area contributed by atoms with Crippen molar-refractivity contribution in [1.82, 2.24) is 14.7 Å². The molecule has 1 amide bonds. The highest BCUT2D eigenvalue weighted by molar-refractivity contribution is 6.30. The van der Waals surface area contributed by atoms with Gasteiger partial charge in [0.1, 0.15) is 0 Å². The van der Waals surface area contributed by atoms with Crippen molar-refractivity contribution >= 4 is 23.6 Å². The Morgan fingerprint density at radius 2 is 1.76 bits per heavy atom. The van der Waals surface area contributed by atoms with Crippen molar-refractivity contribution in [3.05, 3.63) is 77.5 Å². The number of amides is 1. The Morgan fingerprint density at radius 3 is 2.45 bits per heavy atom. The van der Waals surface area contributed by atoms with Gasteiger partial charge in [-0.2, -0.15) is 5.10 Å². The Morgan fingerprint density at radius 1 is 1.07 bits per heavy atom. The molecule has 1 aliphatic heterocycles. The number of carbonyl (C=O) groups is 1. The van der Waals surface area contributed by atoms with Crippen molar-refractivity contribution in [3.8, 4) is 16.9 Å². The second-order valence-electron chi connectivity index (χ2n) is 7.11. The predicted molar refractivity (Wildman–Crippen MR) is 115 cm³/mol. The maximum Gasteiger partial charge on any atom is 0.246 e. The smallest absolute Gasteiger partial charge is 0.246 e. The van der Waals surface area contributed by atoms with Gasteiger partial charge in [0.25, 0.3) is 0 Å². The fraction of sp³-hybridized carbons (Fsp3) is 0.217. The van der Waals surface area contributed by atoms with E-state index in [2.05, 4.69) is 0 Å². The standard InChI is InChI=1S/C23H22ClN3O2/c24-19-9-6-17(7-10-19)23-18(16-27(25-23)20-4-2-1-3-5-20)8-11-22(29)26-14-12-21(28)13-15-26/h1-11,16,21,28H,12-15H2. The molecule has 2 heterocycles. The van der Waals surface area contributed by atoms with Crippen molar-refractivity contribution < 1.29 is 9.90 Å². The SMILES string of the molecule is O=C(C=Cc1cn(-c2ccccc2)nc1-c1ccc(Cl)cc1)N1CCC(O)CC1. The molecule has 1 fully saturated rings. The summed E-state index contributed by atoms with van der Waals surface area (Å²) in [6, 6.07) is 17.4.